The molecule has 1 aromatic carbocycles. The van der Waals surface area contributed by atoms with Gasteiger partial charge in [-0.2, -0.15) is 0 Å². The molecule has 0 saturated carbocycles. The average Bonchev–Trinajstić information content (AvgIpc) is 2.19. The third kappa shape index (κ3) is 3.86. The van der Waals surface area contributed by atoms with Crippen LogP contribution in [0, 0.1) is 0 Å². The van der Waals surface area contributed by atoms with E-state index in [9.17, 15) is 0 Å². The quantitative estimate of drug-likeness (QED) is 0.454. The monoisotopic (exact) mass is 304 g/mol. The highest BCUT2D eigenvalue weighted by Crippen LogP contribution is 2.18. The molecule has 0 spiro atoms. The van der Waals surface area contributed by atoms with E-state index in [0.717, 1.165) is 23.2 Å². The summed E-state index contributed by atoms with van der Waals surface area (Å²) in [6.07, 6.45) is 1.12. The van der Waals surface area contributed by atoms with E-state index in [1.165, 1.54) is 5.56 Å². The van der Waals surface area contributed by atoms with Crippen LogP contribution in [0.3, 0.4) is 0 Å². The van der Waals surface area contributed by atoms with Gasteiger partial charge in [-0.3, -0.25) is 0 Å². The van der Waals surface area contributed by atoms with Crippen LogP contribution in [0.15, 0.2) is 24.3 Å². The van der Waals surface area contributed by atoms with E-state index in [1.54, 1.807) is 0 Å². The Kier molecular flexibility index (Phi) is 5.30. The Labute approximate surface area is 100.0 Å². The van der Waals surface area contributed by atoms with E-state index in [1.807, 2.05) is 0 Å². The van der Waals surface area contributed by atoms with Gasteiger partial charge < -0.3 is 4.74 Å². The second-order valence-corrected chi connectivity index (χ2v) is 4.69. The summed E-state index contributed by atoms with van der Waals surface area (Å²) in [6.45, 7) is 5.22. The first kappa shape index (κ1) is 11.8. The van der Waals surface area contributed by atoms with Crippen molar-refractivity contribution in [2.75, 3.05) is 11.0 Å². The van der Waals surface area contributed by atoms with Crippen LogP contribution >= 0.6 is 22.6 Å². The normalized spacial score (nSPS) is 10.6. The first-order valence-corrected chi connectivity index (χ1v) is 6.55. The Morgan fingerprint density at radius 3 is 2.36 bits per heavy atom. The lowest BCUT2D eigenvalue weighted by molar-refractivity contribution is 0.319. The number of ether oxygens (including phenoxy) is 1. The maximum Gasteiger partial charge on any atom is 0.119 e. The molecule has 0 aliphatic carbocycles. The molecule has 2 heteroatoms. The smallest absolute Gasteiger partial charge is 0.119 e. The van der Waals surface area contributed by atoms with Crippen molar-refractivity contribution in [3.8, 4) is 5.75 Å². The molecule has 0 heterocycles. The fourth-order valence-electron chi connectivity index (χ4n) is 1.19. The van der Waals surface area contributed by atoms with Crippen LogP contribution in [0.25, 0.3) is 0 Å². The third-order valence-electron chi connectivity index (χ3n) is 2.09. The lowest BCUT2D eigenvalue weighted by atomic mass is 10.0. The Balaban J connectivity index is 2.47. The van der Waals surface area contributed by atoms with Crippen molar-refractivity contribution >= 4 is 22.6 Å². The zero-order chi connectivity index (χ0) is 10.4. The van der Waals surface area contributed by atoms with Crippen molar-refractivity contribution in [3.63, 3.8) is 0 Å². The van der Waals surface area contributed by atoms with Gasteiger partial charge in [-0.1, -0.05) is 48.6 Å². The molecule has 1 aromatic rings. The third-order valence-corrected chi connectivity index (χ3v) is 2.86. The molecule has 0 atom stereocenters. The van der Waals surface area contributed by atoms with Gasteiger partial charge >= 0.3 is 0 Å². The second-order valence-electron chi connectivity index (χ2n) is 3.61. The number of hydrogen-bond donors (Lipinski definition) is 0. The highest BCUT2D eigenvalue weighted by Gasteiger charge is 1.98. The van der Waals surface area contributed by atoms with Crippen molar-refractivity contribution in [2.45, 2.75) is 26.2 Å². The average molecular weight is 304 g/mol. The van der Waals surface area contributed by atoms with Crippen LogP contribution in [0.4, 0.5) is 0 Å². The summed E-state index contributed by atoms with van der Waals surface area (Å²) in [7, 11) is 0. The molecule has 0 unspecified atom stereocenters. The van der Waals surface area contributed by atoms with Crippen LogP contribution in [0.5, 0.6) is 5.75 Å². The zero-order valence-corrected chi connectivity index (χ0v) is 11.0. The predicted molar refractivity (Wildman–Crippen MR) is 69.5 cm³/mol. The first-order chi connectivity index (χ1) is 6.74. The number of benzene rings is 1. The van der Waals surface area contributed by atoms with Gasteiger partial charge in [-0.05, 0) is 30.0 Å². The van der Waals surface area contributed by atoms with Gasteiger partial charge in [-0.25, -0.2) is 0 Å². The van der Waals surface area contributed by atoms with E-state index in [4.69, 9.17) is 4.74 Å². The number of alkyl halides is 1. The minimum atomic E-state index is 0.596. The predicted octanol–water partition coefficient (Wildman–Crippen LogP) is 4.01. The van der Waals surface area contributed by atoms with Crippen molar-refractivity contribution in [2.24, 2.45) is 0 Å². The largest absolute Gasteiger partial charge is 0.494 e. The van der Waals surface area contributed by atoms with Crippen molar-refractivity contribution in [3.05, 3.63) is 29.8 Å². The van der Waals surface area contributed by atoms with Crippen LogP contribution in [0.2, 0.25) is 0 Å². The van der Waals surface area contributed by atoms with Crippen molar-refractivity contribution in [1.29, 1.82) is 0 Å². The molecule has 0 aromatic heterocycles. The number of halogens is 1. The van der Waals surface area contributed by atoms with Crippen LogP contribution in [0.1, 0.15) is 31.7 Å². The van der Waals surface area contributed by atoms with Gasteiger partial charge in [0.2, 0.25) is 0 Å². The summed E-state index contributed by atoms with van der Waals surface area (Å²) in [6, 6.07) is 8.40. The van der Waals surface area contributed by atoms with Gasteiger partial charge in [-0.15, -0.1) is 0 Å². The lowest BCUT2D eigenvalue weighted by Crippen LogP contribution is -1.97. The van der Waals surface area contributed by atoms with E-state index < -0.39 is 0 Å². The molecular weight excluding hydrogens is 287 g/mol. The van der Waals surface area contributed by atoms with Crippen molar-refractivity contribution < 1.29 is 4.74 Å². The minimum Gasteiger partial charge on any atom is -0.494 e. The molecule has 1 nitrogen and oxygen atoms in total. The SMILES string of the molecule is CC(C)c1ccc(OCCCI)cc1. The summed E-state index contributed by atoms with van der Waals surface area (Å²) in [5.74, 6) is 1.58. The van der Waals surface area contributed by atoms with Gasteiger partial charge in [0, 0.05) is 4.43 Å². The molecule has 0 aliphatic rings. The minimum absolute atomic E-state index is 0.596. The maximum absolute atomic E-state index is 5.58. The van der Waals surface area contributed by atoms with Crippen LogP contribution in [-0.2, 0) is 0 Å². The molecule has 0 N–H and O–H groups in total. The first-order valence-electron chi connectivity index (χ1n) is 5.02. The lowest BCUT2D eigenvalue weighted by Gasteiger charge is -2.08. The Hall–Kier alpha value is -0.250. The highest BCUT2D eigenvalue weighted by molar-refractivity contribution is 14.1. The Morgan fingerprint density at radius 2 is 1.86 bits per heavy atom. The van der Waals surface area contributed by atoms with E-state index in [2.05, 4.69) is 60.7 Å². The summed E-state index contributed by atoms with van der Waals surface area (Å²) in [5, 5.41) is 0. The van der Waals surface area contributed by atoms with Crippen LogP contribution < -0.4 is 4.74 Å². The molecular formula is C12H17IO. The fraction of sp³-hybridized carbons (Fsp3) is 0.500. The number of rotatable bonds is 5. The van der Waals surface area contributed by atoms with Gasteiger partial charge in [0.15, 0.2) is 0 Å². The molecule has 0 radical (unpaired) electrons. The molecule has 78 valence electrons. The fourth-order valence-corrected chi connectivity index (χ4v) is 1.50. The summed E-state index contributed by atoms with van der Waals surface area (Å²) < 4.78 is 6.73. The molecule has 0 aliphatic heterocycles. The van der Waals surface area contributed by atoms with Gasteiger partial charge in [0.25, 0.3) is 0 Å². The maximum atomic E-state index is 5.58. The van der Waals surface area contributed by atoms with Gasteiger partial charge in [0.05, 0.1) is 6.61 Å². The van der Waals surface area contributed by atoms with Crippen molar-refractivity contribution in [1.82, 2.24) is 0 Å². The molecule has 0 saturated heterocycles. The molecule has 0 bridgehead atoms. The summed E-state index contributed by atoms with van der Waals surface area (Å²) in [5.41, 5.74) is 1.37. The number of hydrogen-bond acceptors (Lipinski definition) is 1. The molecule has 0 fully saturated rings. The second kappa shape index (κ2) is 6.27. The van der Waals surface area contributed by atoms with E-state index in [-0.39, 0.29) is 0 Å². The highest BCUT2D eigenvalue weighted by atomic mass is 127. The topological polar surface area (TPSA) is 9.23 Å². The van der Waals surface area contributed by atoms with E-state index >= 15 is 0 Å². The molecule has 14 heavy (non-hydrogen) atoms. The van der Waals surface area contributed by atoms with E-state index in [0.29, 0.717) is 5.92 Å². The summed E-state index contributed by atoms with van der Waals surface area (Å²) >= 11 is 2.36. The molecule has 1 rings (SSSR count). The Morgan fingerprint density at radius 1 is 1.21 bits per heavy atom. The Bertz CT molecular complexity index is 254. The van der Waals surface area contributed by atoms with Gasteiger partial charge in [0.1, 0.15) is 5.75 Å². The summed E-state index contributed by atoms with van der Waals surface area (Å²) in [4.78, 5) is 0. The molecule has 0 amide bonds. The standard InChI is InChI=1S/C12H17IO/c1-10(2)11-4-6-12(7-5-11)14-9-3-8-13/h4-7,10H,3,8-9H2,1-2H3. The zero-order valence-electron chi connectivity index (χ0n) is 8.79. The van der Waals surface area contributed by atoms with Crippen LogP contribution in [-0.4, -0.2) is 11.0 Å².